The summed E-state index contributed by atoms with van der Waals surface area (Å²) in [7, 11) is 0. The van der Waals surface area contributed by atoms with Crippen LogP contribution in [-0.2, 0) is 19.5 Å². The highest BCUT2D eigenvalue weighted by atomic mass is 32.1. The van der Waals surface area contributed by atoms with Crippen LogP contribution >= 0.6 is 11.3 Å². The van der Waals surface area contributed by atoms with Gasteiger partial charge in [-0.2, -0.15) is 5.10 Å². The molecule has 24 heavy (non-hydrogen) atoms. The van der Waals surface area contributed by atoms with Crippen molar-refractivity contribution < 1.29 is 4.79 Å². The van der Waals surface area contributed by atoms with Crippen molar-refractivity contribution in [2.24, 2.45) is 0 Å². The Labute approximate surface area is 144 Å². The zero-order chi connectivity index (χ0) is 16.9. The standard InChI is InChI=1S/C16H23N5O2S/c1-12(13-6-4-11-24-13)18-15(22)17-8-5-10-21-16(23)20-9-3-2-7-14(20)19-21/h4,6,11-12H,2-3,5,7-10H2,1H3,(H2,17,18,22)/t12-/m1/s1. The van der Waals surface area contributed by atoms with Gasteiger partial charge in [-0.05, 0) is 37.6 Å². The first-order valence-corrected chi connectivity index (χ1v) is 9.27. The van der Waals surface area contributed by atoms with E-state index in [9.17, 15) is 9.59 Å². The maximum atomic E-state index is 12.2. The van der Waals surface area contributed by atoms with Gasteiger partial charge in [-0.25, -0.2) is 14.3 Å². The van der Waals surface area contributed by atoms with E-state index in [1.807, 2.05) is 24.4 Å². The first kappa shape index (κ1) is 16.8. The highest BCUT2D eigenvalue weighted by Gasteiger charge is 2.16. The first-order chi connectivity index (χ1) is 11.6. The van der Waals surface area contributed by atoms with Crippen molar-refractivity contribution in [2.75, 3.05) is 6.54 Å². The Balaban J connectivity index is 1.42. The normalized spacial score (nSPS) is 14.9. The number of amides is 2. The highest BCUT2D eigenvalue weighted by molar-refractivity contribution is 7.10. The fourth-order valence-electron chi connectivity index (χ4n) is 2.88. The lowest BCUT2D eigenvalue weighted by Crippen LogP contribution is -2.37. The van der Waals surface area contributed by atoms with Crippen molar-refractivity contribution in [3.8, 4) is 0 Å². The van der Waals surface area contributed by atoms with Crippen LogP contribution in [0.25, 0.3) is 0 Å². The molecule has 0 radical (unpaired) electrons. The number of fused-ring (bicyclic) bond motifs is 1. The fraction of sp³-hybridized carbons (Fsp3) is 0.562. The molecule has 3 heterocycles. The van der Waals surface area contributed by atoms with Gasteiger partial charge >= 0.3 is 11.7 Å². The van der Waals surface area contributed by atoms with Crippen LogP contribution < -0.4 is 16.3 Å². The van der Waals surface area contributed by atoms with Crippen LogP contribution in [0.3, 0.4) is 0 Å². The lowest BCUT2D eigenvalue weighted by Gasteiger charge is -2.13. The molecule has 0 saturated heterocycles. The van der Waals surface area contributed by atoms with E-state index in [1.54, 1.807) is 15.9 Å². The molecule has 2 aromatic heterocycles. The number of carbonyl (C=O) groups is 1. The second kappa shape index (κ2) is 7.65. The van der Waals surface area contributed by atoms with Crippen molar-refractivity contribution in [1.82, 2.24) is 25.0 Å². The fourth-order valence-corrected chi connectivity index (χ4v) is 3.62. The summed E-state index contributed by atoms with van der Waals surface area (Å²) < 4.78 is 3.29. The number of thiophene rings is 1. The van der Waals surface area contributed by atoms with E-state index >= 15 is 0 Å². The van der Waals surface area contributed by atoms with Gasteiger partial charge in [0.1, 0.15) is 5.82 Å². The van der Waals surface area contributed by atoms with Crippen molar-refractivity contribution in [3.05, 3.63) is 38.7 Å². The predicted molar refractivity (Wildman–Crippen MR) is 93.3 cm³/mol. The number of nitrogens with zero attached hydrogens (tertiary/aromatic N) is 3. The van der Waals surface area contributed by atoms with Crippen molar-refractivity contribution in [1.29, 1.82) is 0 Å². The summed E-state index contributed by atoms with van der Waals surface area (Å²) in [6.45, 7) is 3.77. The molecule has 0 saturated carbocycles. The van der Waals surface area contributed by atoms with Gasteiger partial charge in [0.05, 0.1) is 6.04 Å². The molecule has 2 amide bonds. The lowest BCUT2D eigenvalue weighted by atomic mass is 10.2. The topological polar surface area (TPSA) is 81.0 Å². The Kier molecular flexibility index (Phi) is 5.34. The monoisotopic (exact) mass is 349 g/mol. The average molecular weight is 349 g/mol. The summed E-state index contributed by atoms with van der Waals surface area (Å²) in [6, 6.07) is 3.78. The lowest BCUT2D eigenvalue weighted by molar-refractivity contribution is 0.237. The number of aromatic nitrogens is 3. The summed E-state index contributed by atoms with van der Waals surface area (Å²) in [5.41, 5.74) is -0.0273. The van der Waals surface area contributed by atoms with Crippen molar-refractivity contribution in [3.63, 3.8) is 0 Å². The molecular formula is C16H23N5O2S. The quantitative estimate of drug-likeness (QED) is 0.782. The van der Waals surface area contributed by atoms with E-state index in [4.69, 9.17) is 0 Å². The largest absolute Gasteiger partial charge is 0.345 e. The summed E-state index contributed by atoms with van der Waals surface area (Å²) in [5.74, 6) is 0.890. The van der Waals surface area contributed by atoms with Gasteiger partial charge in [0.2, 0.25) is 0 Å². The highest BCUT2D eigenvalue weighted by Crippen LogP contribution is 2.17. The molecule has 1 aliphatic heterocycles. The minimum Gasteiger partial charge on any atom is -0.338 e. The van der Waals surface area contributed by atoms with Crippen LogP contribution in [0.2, 0.25) is 0 Å². The zero-order valence-corrected chi connectivity index (χ0v) is 14.6. The third-order valence-electron chi connectivity index (χ3n) is 4.18. The van der Waals surface area contributed by atoms with E-state index in [-0.39, 0.29) is 17.8 Å². The Morgan fingerprint density at radius 2 is 2.33 bits per heavy atom. The predicted octanol–water partition coefficient (Wildman–Crippen LogP) is 1.89. The van der Waals surface area contributed by atoms with E-state index in [1.165, 1.54) is 4.68 Å². The van der Waals surface area contributed by atoms with Crippen LogP contribution in [-0.4, -0.2) is 26.9 Å². The number of hydrogen-bond donors (Lipinski definition) is 2. The Hall–Kier alpha value is -2.09. The molecule has 0 bridgehead atoms. The van der Waals surface area contributed by atoms with E-state index < -0.39 is 0 Å². The number of hydrogen-bond acceptors (Lipinski definition) is 4. The molecule has 0 unspecified atom stereocenters. The molecule has 0 spiro atoms. The molecule has 0 aliphatic carbocycles. The average Bonchev–Trinajstić information content (AvgIpc) is 3.21. The summed E-state index contributed by atoms with van der Waals surface area (Å²) >= 11 is 1.62. The van der Waals surface area contributed by atoms with E-state index in [0.717, 1.165) is 36.5 Å². The minimum atomic E-state index is -0.188. The molecular weight excluding hydrogens is 326 g/mol. The second-order valence-electron chi connectivity index (χ2n) is 6.02. The number of nitrogens with one attached hydrogen (secondary N) is 2. The van der Waals surface area contributed by atoms with E-state index in [2.05, 4.69) is 15.7 Å². The Morgan fingerprint density at radius 1 is 1.46 bits per heavy atom. The third-order valence-corrected chi connectivity index (χ3v) is 5.24. The molecule has 8 heteroatoms. The van der Waals surface area contributed by atoms with Crippen LogP contribution in [0.5, 0.6) is 0 Å². The molecule has 7 nitrogen and oxygen atoms in total. The molecule has 2 aromatic rings. The molecule has 3 rings (SSSR count). The van der Waals surface area contributed by atoms with Crippen LogP contribution in [0.1, 0.15) is 42.9 Å². The van der Waals surface area contributed by atoms with Crippen LogP contribution in [0.4, 0.5) is 4.79 Å². The number of carbonyl (C=O) groups excluding carboxylic acids is 1. The first-order valence-electron chi connectivity index (χ1n) is 8.39. The van der Waals surface area contributed by atoms with Gasteiger partial charge in [-0.15, -0.1) is 11.3 Å². The van der Waals surface area contributed by atoms with Gasteiger partial charge in [0.25, 0.3) is 0 Å². The zero-order valence-electron chi connectivity index (χ0n) is 13.8. The number of aryl methyl sites for hydroxylation is 2. The van der Waals surface area contributed by atoms with Crippen LogP contribution in [0.15, 0.2) is 22.3 Å². The van der Waals surface area contributed by atoms with Crippen molar-refractivity contribution in [2.45, 2.75) is 51.7 Å². The molecule has 130 valence electrons. The maximum absolute atomic E-state index is 12.2. The molecule has 1 aliphatic rings. The van der Waals surface area contributed by atoms with Gasteiger partial charge in [-0.1, -0.05) is 6.07 Å². The van der Waals surface area contributed by atoms with Crippen molar-refractivity contribution >= 4 is 17.4 Å². The van der Waals surface area contributed by atoms with Gasteiger partial charge in [0, 0.05) is 30.9 Å². The van der Waals surface area contributed by atoms with Gasteiger partial charge < -0.3 is 10.6 Å². The minimum absolute atomic E-state index is 0.00696. The summed E-state index contributed by atoms with van der Waals surface area (Å²) in [5, 5.41) is 12.1. The maximum Gasteiger partial charge on any atom is 0.345 e. The van der Waals surface area contributed by atoms with Gasteiger partial charge in [-0.3, -0.25) is 4.57 Å². The number of urea groups is 1. The van der Waals surface area contributed by atoms with Gasteiger partial charge in [0.15, 0.2) is 0 Å². The molecule has 2 N–H and O–H groups in total. The summed E-state index contributed by atoms with van der Waals surface area (Å²) in [6.07, 6.45) is 3.70. The number of rotatable bonds is 6. The van der Waals surface area contributed by atoms with Crippen LogP contribution in [0, 0.1) is 0 Å². The molecule has 0 fully saturated rings. The smallest absolute Gasteiger partial charge is 0.338 e. The Morgan fingerprint density at radius 3 is 3.08 bits per heavy atom. The second-order valence-corrected chi connectivity index (χ2v) is 7.00. The molecule has 1 atom stereocenters. The SMILES string of the molecule is C[C@@H](NC(=O)NCCCn1nc2n(c1=O)CCCC2)c1cccs1. The third kappa shape index (κ3) is 3.87. The van der Waals surface area contributed by atoms with E-state index in [0.29, 0.717) is 19.5 Å². The molecule has 0 aromatic carbocycles. The summed E-state index contributed by atoms with van der Waals surface area (Å²) in [4.78, 5) is 25.2. The Bertz CT molecular complexity index is 734.